The molecule has 2 aromatic carbocycles. The van der Waals surface area contributed by atoms with Crippen LogP contribution in [-0.4, -0.2) is 35.4 Å². The second-order valence-corrected chi connectivity index (χ2v) is 8.94. The number of halogens is 3. The fourth-order valence-corrected chi connectivity index (χ4v) is 3.75. The van der Waals surface area contributed by atoms with E-state index in [-0.39, 0.29) is 31.0 Å². The average molecular weight is 530 g/mol. The Balaban J connectivity index is 2.27. The topological polar surface area (TPSA) is 58.6 Å². The van der Waals surface area contributed by atoms with Gasteiger partial charge < -0.3 is 15.0 Å². The van der Waals surface area contributed by atoms with Gasteiger partial charge in [-0.3, -0.25) is 9.59 Å². The molecular formula is C23H27BrCl2N2O3. The van der Waals surface area contributed by atoms with Gasteiger partial charge in [-0.05, 0) is 56.2 Å². The van der Waals surface area contributed by atoms with Crippen molar-refractivity contribution >= 4 is 50.9 Å². The van der Waals surface area contributed by atoms with E-state index in [2.05, 4.69) is 21.2 Å². The minimum atomic E-state index is -0.678. The number of hydrogen-bond acceptors (Lipinski definition) is 3. The number of benzene rings is 2. The largest absolute Gasteiger partial charge is 0.484 e. The Labute approximate surface area is 202 Å². The Morgan fingerprint density at radius 2 is 1.68 bits per heavy atom. The van der Waals surface area contributed by atoms with Crippen LogP contribution in [0.3, 0.4) is 0 Å². The number of nitrogens with one attached hydrogen (secondary N) is 1. The molecule has 1 N–H and O–H groups in total. The molecule has 2 aromatic rings. The molecule has 5 nitrogen and oxygen atoms in total. The highest BCUT2D eigenvalue weighted by molar-refractivity contribution is 9.10. The maximum atomic E-state index is 13.2. The SMILES string of the molecule is CC[C@H](C)NC(=O)[C@H](CC)N(Cc1c(Cl)cccc1Cl)C(=O)COc1ccc(Br)cc1. The first kappa shape index (κ1) is 25.5. The van der Waals surface area contributed by atoms with E-state index in [1.165, 1.54) is 4.90 Å². The van der Waals surface area contributed by atoms with Crippen LogP contribution >= 0.6 is 39.1 Å². The van der Waals surface area contributed by atoms with Crippen molar-refractivity contribution in [2.75, 3.05) is 6.61 Å². The molecule has 0 radical (unpaired) electrons. The quantitative estimate of drug-likeness (QED) is 0.419. The van der Waals surface area contributed by atoms with Gasteiger partial charge >= 0.3 is 0 Å². The second-order valence-electron chi connectivity index (χ2n) is 7.21. The molecule has 0 aliphatic rings. The van der Waals surface area contributed by atoms with Gasteiger partial charge in [-0.1, -0.05) is 59.0 Å². The summed E-state index contributed by atoms with van der Waals surface area (Å²) in [6.07, 6.45) is 1.23. The summed E-state index contributed by atoms with van der Waals surface area (Å²) in [4.78, 5) is 27.6. The fourth-order valence-electron chi connectivity index (χ4n) is 2.97. The van der Waals surface area contributed by atoms with Gasteiger partial charge in [-0.25, -0.2) is 0 Å². The third-order valence-corrected chi connectivity index (χ3v) is 6.19. The monoisotopic (exact) mass is 528 g/mol. The zero-order valence-corrected chi connectivity index (χ0v) is 20.9. The summed E-state index contributed by atoms with van der Waals surface area (Å²) in [7, 11) is 0. The van der Waals surface area contributed by atoms with Crippen molar-refractivity contribution in [2.45, 2.75) is 52.2 Å². The summed E-state index contributed by atoms with van der Waals surface area (Å²) >= 11 is 16.1. The molecule has 0 spiro atoms. The van der Waals surface area contributed by atoms with Crippen LogP contribution < -0.4 is 10.1 Å². The molecule has 0 fully saturated rings. The van der Waals surface area contributed by atoms with Crippen molar-refractivity contribution in [3.05, 3.63) is 62.5 Å². The third kappa shape index (κ3) is 7.41. The lowest BCUT2D eigenvalue weighted by Crippen LogP contribution is -2.51. The summed E-state index contributed by atoms with van der Waals surface area (Å²) in [6, 6.07) is 11.7. The van der Waals surface area contributed by atoms with Crippen LogP contribution in [0.1, 0.15) is 39.2 Å². The molecule has 0 bridgehead atoms. The molecule has 8 heteroatoms. The van der Waals surface area contributed by atoms with E-state index in [0.29, 0.717) is 27.8 Å². The molecule has 0 saturated carbocycles. The number of nitrogens with zero attached hydrogens (tertiary/aromatic N) is 1. The van der Waals surface area contributed by atoms with Crippen molar-refractivity contribution in [1.29, 1.82) is 0 Å². The highest BCUT2D eigenvalue weighted by Crippen LogP contribution is 2.27. The van der Waals surface area contributed by atoms with Crippen LogP contribution in [-0.2, 0) is 16.1 Å². The zero-order chi connectivity index (χ0) is 23.0. The Bertz CT molecular complexity index is 873. The number of ether oxygens (including phenoxy) is 1. The average Bonchev–Trinajstić information content (AvgIpc) is 2.74. The maximum absolute atomic E-state index is 13.2. The van der Waals surface area contributed by atoms with E-state index in [1.54, 1.807) is 30.3 Å². The number of carbonyl (C=O) groups is 2. The summed E-state index contributed by atoms with van der Waals surface area (Å²) in [5, 5.41) is 3.85. The van der Waals surface area contributed by atoms with Crippen molar-refractivity contribution in [3.63, 3.8) is 0 Å². The minimum absolute atomic E-state index is 0.00131. The first-order chi connectivity index (χ1) is 14.8. The first-order valence-electron chi connectivity index (χ1n) is 10.2. The standard InChI is InChI=1S/C23H27BrCl2N2O3/c1-4-15(3)27-23(30)21(5-2)28(13-18-19(25)7-6-8-20(18)26)22(29)14-31-17-11-9-16(24)10-12-17/h6-12,15,21H,4-5,13-14H2,1-3H3,(H,27,30)/t15-,21-/m0/s1. The van der Waals surface area contributed by atoms with Gasteiger partial charge in [-0.15, -0.1) is 0 Å². The van der Waals surface area contributed by atoms with Crippen LogP contribution in [0.15, 0.2) is 46.9 Å². The van der Waals surface area contributed by atoms with E-state index in [0.717, 1.165) is 10.9 Å². The molecule has 2 atom stereocenters. The lowest BCUT2D eigenvalue weighted by atomic mass is 10.1. The molecule has 2 rings (SSSR count). The van der Waals surface area contributed by atoms with E-state index >= 15 is 0 Å². The molecule has 2 amide bonds. The Morgan fingerprint density at radius 1 is 1.06 bits per heavy atom. The molecule has 0 aromatic heterocycles. The smallest absolute Gasteiger partial charge is 0.261 e. The predicted molar refractivity (Wildman–Crippen MR) is 129 cm³/mol. The highest BCUT2D eigenvalue weighted by Gasteiger charge is 2.30. The number of amides is 2. The normalized spacial score (nSPS) is 12.7. The fraction of sp³-hybridized carbons (Fsp3) is 0.391. The van der Waals surface area contributed by atoms with Gasteiger partial charge in [-0.2, -0.15) is 0 Å². The van der Waals surface area contributed by atoms with Gasteiger partial charge in [0, 0.05) is 32.7 Å². The van der Waals surface area contributed by atoms with E-state index in [9.17, 15) is 9.59 Å². The lowest BCUT2D eigenvalue weighted by molar-refractivity contribution is -0.143. The Hall–Kier alpha value is -1.76. The molecular weight excluding hydrogens is 503 g/mol. The van der Waals surface area contributed by atoms with Crippen LogP contribution in [0.25, 0.3) is 0 Å². The second kappa shape index (κ2) is 12.3. The molecule has 0 heterocycles. The van der Waals surface area contributed by atoms with Crippen LogP contribution in [0.4, 0.5) is 0 Å². The number of hydrogen-bond donors (Lipinski definition) is 1. The molecule has 0 unspecified atom stereocenters. The molecule has 31 heavy (non-hydrogen) atoms. The van der Waals surface area contributed by atoms with Crippen molar-refractivity contribution in [2.24, 2.45) is 0 Å². The predicted octanol–water partition coefficient (Wildman–Crippen LogP) is 5.86. The minimum Gasteiger partial charge on any atom is -0.484 e. The van der Waals surface area contributed by atoms with Crippen molar-refractivity contribution in [1.82, 2.24) is 10.2 Å². The van der Waals surface area contributed by atoms with Crippen LogP contribution in [0.2, 0.25) is 10.0 Å². The zero-order valence-electron chi connectivity index (χ0n) is 17.8. The van der Waals surface area contributed by atoms with Gasteiger partial charge in [0.05, 0.1) is 0 Å². The van der Waals surface area contributed by atoms with Gasteiger partial charge in [0.15, 0.2) is 6.61 Å². The van der Waals surface area contributed by atoms with Crippen molar-refractivity contribution in [3.8, 4) is 5.75 Å². The summed E-state index contributed by atoms with van der Waals surface area (Å²) in [5.41, 5.74) is 0.595. The van der Waals surface area contributed by atoms with Crippen molar-refractivity contribution < 1.29 is 14.3 Å². The van der Waals surface area contributed by atoms with Gasteiger partial charge in [0.25, 0.3) is 5.91 Å². The number of rotatable bonds is 10. The van der Waals surface area contributed by atoms with E-state index < -0.39 is 6.04 Å². The molecule has 168 valence electrons. The maximum Gasteiger partial charge on any atom is 0.261 e. The number of carbonyl (C=O) groups excluding carboxylic acids is 2. The summed E-state index contributed by atoms with van der Waals surface area (Å²) < 4.78 is 6.58. The molecule has 0 aliphatic heterocycles. The summed E-state index contributed by atoms with van der Waals surface area (Å²) in [6.45, 7) is 5.68. The van der Waals surface area contributed by atoms with Gasteiger partial charge in [0.1, 0.15) is 11.8 Å². The van der Waals surface area contributed by atoms with Crippen LogP contribution in [0.5, 0.6) is 5.75 Å². The summed E-state index contributed by atoms with van der Waals surface area (Å²) in [5.74, 6) is 0.0199. The molecule has 0 aliphatic carbocycles. The first-order valence-corrected chi connectivity index (χ1v) is 11.7. The Kier molecular flexibility index (Phi) is 10.1. The Morgan fingerprint density at radius 3 is 2.23 bits per heavy atom. The van der Waals surface area contributed by atoms with Crippen LogP contribution in [0, 0.1) is 0 Å². The van der Waals surface area contributed by atoms with Gasteiger partial charge in [0.2, 0.25) is 5.91 Å². The lowest BCUT2D eigenvalue weighted by Gasteiger charge is -2.31. The van der Waals surface area contributed by atoms with E-state index in [4.69, 9.17) is 27.9 Å². The third-order valence-electron chi connectivity index (χ3n) is 4.95. The highest BCUT2D eigenvalue weighted by atomic mass is 79.9. The molecule has 0 saturated heterocycles. The van der Waals surface area contributed by atoms with E-state index in [1.807, 2.05) is 32.9 Å².